The molecule has 100 valence electrons. The lowest BCUT2D eigenvalue weighted by Gasteiger charge is -2.07. The Morgan fingerprint density at radius 3 is 2.85 bits per heavy atom. The molecule has 0 fully saturated rings. The second-order valence-corrected chi connectivity index (χ2v) is 5.73. The summed E-state index contributed by atoms with van der Waals surface area (Å²) in [6.07, 6.45) is 3.16. The molecule has 20 heavy (non-hydrogen) atoms. The van der Waals surface area contributed by atoms with E-state index >= 15 is 0 Å². The molecular formula is C14H8Br2N2O2. The molecule has 4 nitrogen and oxygen atoms in total. The predicted molar refractivity (Wildman–Crippen MR) is 83.8 cm³/mol. The number of carbonyl (C=O) groups is 1. The summed E-state index contributed by atoms with van der Waals surface area (Å²) in [5.41, 5.74) is 1.84. The van der Waals surface area contributed by atoms with E-state index in [0.717, 1.165) is 15.4 Å². The normalized spacial score (nSPS) is 10.7. The van der Waals surface area contributed by atoms with E-state index < -0.39 is 0 Å². The van der Waals surface area contributed by atoms with Crippen molar-refractivity contribution >= 4 is 54.4 Å². The number of halogens is 2. The summed E-state index contributed by atoms with van der Waals surface area (Å²) < 4.78 is 6.36. The first-order valence-corrected chi connectivity index (χ1v) is 7.32. The molecule has 3 aromatic rings. The number of nitrogens with zero attached hydrogens (tertiary/aromatic N) is 1. The van der Waals surface area contributed by atoms with E-state index in [1.54, 1.807) is 12.3 Å². The van der Waals surface area contributed by atoms with Gasteiger partial charge in [-0.2, -0.15) is 0 Å². The molecule has 0 spiro atoms. The lowest BCUT2D eigenvalue weighted by atomic mass is 10.2. The van der Waals surface area contributed by atoms with Crippen molar-refractivity contribution in [3.8, 4) is 0 Å². The van der Waals surface area contributed by atoms with Crippen molar-refractivity contribution in [3.63, 3.8) is 0 Å². The van der Waals surface area contributed by atoms with E-state index in [1.165, 1.54) is 6.26 Å². The van der Waals surface area contributed by atoms with Gasteiger partial charge in [-0.25, -0.2) is 0 Å². The molecule has 0 radical (unpaired) electrons. The summed E-state index contributed by atoms with van der Waals surface area (Å²) in [5, 5.41) is 3.79. The van der Waals surface area contributed by atoms with Crippen LogP contribution in [0.25, 0.3) is 10.9 Å². The van der Waals surface area contributed by atoms with Crippen LogP contribution >= 0.6 is 31.9 Å². The quantitative estimate of drug-likeness (QED) is 0.689. The molecule has 2 aromatic heterocycles. The number of furan rings is 1. The third kappa shape index (κ3) is 2.48. The fourth-order valence-corrected chi connectivity index (χ4v) is 2.65. The van der Waals surface area contributed by atoms with Crippen LogP contribution in [0, 0.1) is 0 Å². The molecule has 1 N–H and O–H groups in total. The van der Waals surface area contributed by atoms with Crippen LogP contribution in [0.3, 0.4) is 0 Å². The average molecular weight is 396 g/mol. The van der Waals surface area contributed by atoms with Gasteiger partial charge in [-0.3, -0.25) is 9.78 Å². The number of anilines is 1. The van der Waals surface area contributed by atoms with Crippen molar-refractivity contribution in [1.29, 1.82) is 0 Å². The molecule has 0 aliphatic rings. The van der Waals surface area contributed by atoms with E-state index in [0.29, 0.717) is 15.9 Å². The van der Waals surface area contributed by atoms with E-state index in [2.05, 4.69) is 42.2 Å². The topological polar surface area (TPSA) is 55.1 Å². The number of amides is 1. The van der Waals surface area contributed by atoms with Crippen LogP contribution in [-0.2, 0) is 0 Å². The van der Waals surface area contributed by atoms with Gasteiger partial charge in [0.25, 0.3) is 5.91 Å². The lowest BCUT2D eigenvalue weighted by molar-refractivity contribution is 0.102. The Bertz CT molecular complexity index is 799. The second kappa shape index (κ2) is 5.38. The van der Waals surface area contributed by atoms with Gasteiger partial charge in [-0.1, -0.05) is 12.1 Å². The van der Waals surface area contributed by atoms with Crippen molar-refractivity contribution < 1.29 is 9.21 Å². The summed E-state index contributed by atoms with van der Waals surface area (Å²) >= 11 is 6.57. The molecule has 2 heterocycles. The Hall–Kier alpha value is -1.66. The number of para-hydroxylation sites is 1. The van der Waals surface area contributed by atoms with Gasteiger partial charge >= 0.3 is 0 Å². The van der Waals surface area contributed by atoms with E-state index in [1.807, 2.05) is 24.3 Å². The molecule has 3 rings (SSSR count). The van der Waals surface area contributed by atoms with Crippen molar-refractivity contribution in [3.05, 3.63) is 57.5 Å². The van der Waals surface area contributed by atoms with Gasteiger partial charge < -0.3 is 9.73 Å². The highest BCUT2D eigenvalue weighted by Gasteiger charge is 2.14. The third-order valence-electron chi connectivity index (χ3n) is 2.79. The molecule has 0 saturated heterocycles. The summed E-state index contributed by atoms with van der Waals surface area (Å²) in [6, 6.07) is 9.18. The minimum Gasteiger partial charge on any atom is -0.457 e. The number of rotatable bonds is 2. The number of nitrogens with one attached hydrogen (secondary N) is 1. The van der Waals surface area contributed by atoms with Gasteiger partial charge in [0, 0.05) is 16.1 Å². The lowest BCUT2D eigenvalue weighted by Crippen LogP contribution is -2.12. The van der Waals surface area contributed by atoms with Gasteiger partial charge in [0.15, 0.2) is 4.67 Å². The van der Waals surface area contributed by atoms with Gasteiger partial charge in [0.05, 0.1) is 23.0 Å². The number of hydrogen-bond acceptors (Lipinski definition) is 3. The fourth-order valence-electron chi connectivity index (χ4n) is 1.88. The highest BCUT2D eigenvalue weighted by molar-refractivity contribution is 9.10. The number of aromatic nitrogens is 1. The first-order chi connectivity index (χ1) is 9.65. The molecule has 0 bridgehead atoms. The van der Waals surface area contributed by atoms with Crippen LogP contribution < -0.4 is 5.32 Å². The fraction of sp³-hybridized carbons (Fsp3) is 0. The van der Waals surface area contributed by atoms with Crippen LogP contribution in [0.1, 0.15) is 10.4 Å². The molecule has 0 aliphatic carbocycles. The van der Waals surface area contributed by atoms with E-state index in [4.69, 9.17) is 4.42 Å². The number of fused-ring (bicyclic) bond motifs is 1. The zero-order chi connectivity index (χ0) is 14.1. The van der Waals surface area contributed by atoms with Crippen molar-refractivity contribution in [2.75, 3.05) is 5.32 Å². The van der Waals surface area contributed by atoms with Crippen LogP contribution in [0.4, 0.5) is 5.69 Å². The number of carbonyl (C=O) groups excluding carboxylic acids is 1. The highest BCUT2D eigenvalue weighted by Crippen LogP contribution is 2.25. The number of pyridine rings is 1. The molecule has 6 heteroatoms. The van der Waals surface area contributed by atoms with Crippen molar-refractivity contribution in [2.24, 2.45) is 0 Å². The number of benzene rings is 1. The van der Waals surface area contributed by atoms with E-state index in [-0.39, 0.29) is 5.91 Å². The van der Waals surface area contributed by atoms with Crippen LogP contribution in [0.5, 0.6) is 0 Å². The minimum absolute atomic E-state index is 0.247. The Kier molecular flexibility index (Phi) is 3.58. The van der Waals surface area contributed by atoms with Gasteiger partial charge in [-0.15, -0.1) is 0 Å². The zero-order valence-corrected chi connectivity index (χ0v) is 13.2. The maximum absolute atomic E-state index is 12.2. The molecule has 1 aromatic carbocycles. The Labute approximate surface area is 131 Å². The van der Waals surface area contributed by atoms with Crippen molar-refractivity contribution in [2.45, 2.75) is 0 Å². The second-order valence-electron chi connectivity index (χ2n) is 4.09. The average Bonchev–Trinajstić information content (AvgIpc) is 2.85. The standard InChI is InChI=1S/C14H8Br2N2O2/c15-9-6-8-2-1-3-11(12(8)17-7-9)18-14(19)10-4-5-20-13(10)16/h1-7H,(H,18,19). The summed E-state index contributed by atoms with van der Waals surface area (Å²) in [7, 11) is 0. The van der Waals surface area contributed by atoms with Crippen LogP contribution in [-0.4, -0.2) is 10.9 Å². The largest absolute Gasteiger partial charge is 0.457 e. The Morgan fingerprint density at radius 1 is 1.25 bits per heavy atom. The maximum atomic E-state index is 12.2. The zero-order valence-electron chi connectivity index (χ0n) is 10.1. The Morgan fingerprint density at radius 2 is 2.10 bits per heavy atom. The predicted octanol–water partition coefficient (Wildman–Crippen LogP) is 4.61. The Balaban J connectivity index is 1.99. The molecule has 0 unspecified atom stereocenters. The summed E-state index contributed by atoms with van der Waals surface area (Å²) in [6.45, 7) is 0. The SMILES string of the molecule is O=C(Nc1cccc2cc(Br)cnc12)c1ccoc1Br. The van der Waals surface area contributed by atoms with Crippen LogP contribution in [0.2, 0.25) is 0 Å². The first kappa shape index (κ1) is 13.3. The number of hydrogen-bond donors (Lipinski definition) is 1. The van der Waals surface area contributed by atoms with Gasteiger partial charge in [-0.05, 0) is 50.1 Å². The summed E-state index contributed by atoms with van der Waals surface area (Å²) in [5.74, 6) is -0.247. The van der Waals surface area contributed by atoms with Gasteiger partial charge in [0.2, 0.25) is 0 Å². The molecule has 1 amide bonds. The maximum Gasteiger partial charge on any atom is 0.260 e. The highest BCUT2D eigenvalue weighted by atomic mass is 79.9. The third-order valence-corrected chi connectivity index (χ3v) is 3.84. The molecule has 0 aliphatic heterocycles. The first-order valence-electron chi connectivity index (χ1n) is 5.74. The van der Waals surface area contributed by atoms with Gasteiger partial charge in [0.1, 0.15) is 0 Å². The smallest absolute Gasteiger partial charge is 0.260 e. The molecule has 0 atom stereocenters. The minimum atomic E-state index is -0.247. The van der Waals surface area contributed by atoms with Crippen LogP contribution in [0.15, 0.2) is 56.4 Å². The summed E-state index contributed by atoms with van der Waals surface area (Å²) in [4.78, 5) is 16.5. The van der Waals surface area contributed by atoms with E-state index in [9.17, 15) is 4.79 Å². The van der Waals surface area contributed by atoms with Crippen molar-refractivity contribution in [1.82, 2.24) is 4.98 Å². The molecule has 0 saturated carbocycles. The monoisotopic (exact) mass is 394 g/mol. The molecular weight excluding hydrogens is 388 g/mol.